The first-order valence-corrected chi connectivity index (χ1v) is 11.1. The SMILES string of the molecule is C[C@H]1[C@@H](OCc2ccc(B(O)O)cc2)O[C@@H]2O[C@@]3(C)CC[C@H]4[C@H](C)CC[C@@H]1[C@@]24OO3. The molecule has 1 spiro atoms. The first kappa shape index (κ1) is 20.9. The molecule has 0 radical (unpaired) electrons. The summed E-state index contributed by atoms with van der Waals surface area (Å²) >= 11 is 0. The first-order valence-electron chi connectivity index (χ1n) is 11.1. The zero-order chi connectivity index (χ0) is 21.1. The summed E-state index contributed by atoms with van der Waals surface area (Å²) in [4.78, 5) is 12.0. The van der Waals surface area contributed by atoms with E-state index in [2.05, 4.69) is 13.8 Å². The Morgan fingerprint density at radius 3 is 2.57 bits per heavy atom. The molecule has 30 heavy (non-hydrogen) atoms. The standard InChI is InChI=1S/C22H31BO7/c1-13-4-9-18-14(2)19(26-12-15-5-7-16(8-6-15)23(24)25)27-20-22(18)17(13)10-11-21(3,28-20)29-30-22/h5-8,13-14,17-20,24-25H,4,9-12H2,1-3H3/t13-,14-,17+,18+,19+,20-,21-,22-/m1/s1. The summed E-state index contributed by atoms with van der Waals surface area (Å²) in [5, 5.41) is 18.5. The molecule has 5 fully saturated rings. The highest BCUT2D eigenvalue weighted by molar-refractivity contribution is 6.58. The van der Waals surface area contributed by atoms with Gasteiger partial charge in [0.05, 0.1) is 6.61 Å². The molecule has 0 aromatic heterocycles. The Labute approximate surface area is 177 Å². The van der Waals surface area contributed by atoms with Gasteiger partial charge in [-0.15, -0.1) is 0 Å². The van der Waals surface area contributed by atoms with Crippen molar-refractivity contribution in [2.24, 2.45) is 23.7 Å². The molecule has 164 valence electrons. The van der Waals surface area contributed by atoms with Crippen LogP contribution in [0.5, 0.6) is 0 Å². The Balaban J connectivity index is 1.36. The smallest absolute Gasteiger partial charge is 0.423 e. The minimum atomic E-state index is -1.47. The third-order valence-electron chi connectivity index (χ3n) is 7.79. The van der Waals surface area contributed by atoms with Crippen molar-refractivity contribution in [2.75, 3.05) is 0 Å². The van der Waals surface area contributed by atoms with Crippen molar-refractivity contribution in [3.05, 3.63) is 29.8 Å². The molecule has 1 saturated carbocycles. The number of fused-ring (bicyclic) bond motifs is 2. The highest BCUT2D eigenvalue weighted by atomic mass is 17.3. The van der Waals surface area contributed by atoms with Gasteiger partial charge in [0.15, 0.2) is 18.2 Å². The van der Waals surface area contributed by atoms with E-state index in [1.165, 1.54) is 0 Å². The Bertz CT molecular complexity index is 773. The highest BCUT2D eigenvalue weighted by Gasteiger charge is 2.69. The fourth-order valence-electron chi connectivity index (χ4n) is 6.03. The van der Waals surface area contributed by atoms with Gasteiger partial charge in [0.2, 0.25) is 5.79 Å². The molecule has 7 nitrogen and oxygen atoms in total. The molecule has 8 atom stereocenters. The lowest BCUT2D eigenvalue weighted by Gasteiger charge is -2.60. The lowest BCUT2D eigenvalue weighted by Crippen LogP contribution is -2.70. The van der Waals surface area contributed by atoms with Gasteiger partial charge in [-0.05, 0) is 49.0 Å². The molecule has 4 saturated heterocycles. The van der Waals surface area contributed by atoms with Crippen LogP contribution in [0, 0.1) is 23.7 Å². The minimum Gasteiger partial charge on any atom is -0.423 e. The van der Waals surface area contributed by atoms with Crippen LogP contribution in [0.15, 0.2) is 24.3 Å². The Kier molecular flexibility index (Phi) is 5.26. The van der Waals surface area contributed by atoms with Crippen molar-refractivity contribution in [3.8, 4) is 0 Å². The predicted octanol–water partition coefficient (Wildman–Crippen LogP) is 2.09. The third kappa shape index (κ3) is 3.25. The van der Waals surface area contributed by atoms with E-state index >= 15 is 0 Å². The molecule has 1 aromatic carbocycles. The van der Waals surface area contributed by atoms with E-state index in [4.69, 9.17) is 24.0 Å². The van der Waals surface area contributed by atoms with Gasteiger partial charge >= 0.3 is 7.12 Å². The van der Waals surface area contributed by atoms with Crippen LogP contribution in [0.2, 0.25) is 0 Å². The summed E-state index contributed by atoms with van der Waals surface area (Å²) in [6, 6.07) is 7.06. The molecule has 2 bridgehead atoms. The van der Waals surface area contributed by atoms with Gasteiger partial charge in [-0.3, -0.25) is 0 Å². The van der Waals surface area contributed by atoms with Gasteiger partial charge in [-0.2, -0.15) is 0 Å². The predicted molar refractivity (Wildman–Crippen MR) is 108 cm³/mol. The molecule has 2 N–H and O–H groups in total. The minimum absolute atomic E-state index is 0.129. The average molecular weight is 418 g/mol. The molecule has 5 aliphatic rings. The summed E-state index contributed by atoms with van der Waals surface area (Å²) < 4.78 is 19.0. The monoisotopic (exact) mass is 418 g/mol. The summed E-state index contributed by atoms with van der Waals surface area (Å²) in [6.45, 7) is 6.76. The number of ether oxygens (including phenoxy) is 3. The van der Waals surface area contributed by atoms with Gasteiger partial charge in [0.1, 0.15) is 0 Å². The number of rotatable bonds is 4. The molecule has 1 aromatic rings. The lowest BCUT2D eigenvalue weighted by molar-refractivity contribution is -0.577. The second-order valence-electron chi connectivity index (χ2n) is 9.70. The number of benzene rings is 1. The van der Waals surface area contributed by atoms with E-state index < -0.39 is 31.1 Å². The van der Waals surface area contributed by atoms with Crippen molar-refractivity contribution in [1.82, 2.24) is 0 Å². The number of hydrogen-bond acceptors (Lipinski definition) is 7. The maximum atomic E-state index is 9.26. The zero-order valence-corrected chi connectivity index (χ0v) is 17.8. The van der Waals surface area contributed by atoms with E-state index in [0.717, 1.165) is 31.2 Å². The Hall–Kier alpha value is -0.995. The molecule has 0 amide bonds. The van der Waals surface area contributed by atoms with Crippen molar-refractivity contribution in [3.63, 3.8) is 0 Å². The number of hydrogen-bond donors (Lipinski definition) is 2. The molecular formula is C22H31BO7. The first-order chi connectivity index (χ1) is 14.3. The summed E-state index contributed by atoms with van der Waals surface area (Å²) in [6.07, 6.45) is 3.07. The van der Waals surface area contributed by atoms with E-state index in [9.17, 15) is 10.0 Å². The second-order valence-corrected chi connectivity index (χ2v) is 9.70. The zero-order valence-electron chi connectivity index (χ0n) is 17.8. The quantitative estimate of drug-likeness (QED) is 0.572. The fourth-order valence-corrected chi connectivity index (χ4v) is 6.03. The van der Waals surface area contributed by atoms with Crippen molar-refractivity contribution in [2.45, 2.75) is 77.0 Å². The van der Waals surface area contributed by atoms with Gasteiger partial charge in [-0.1, -0.05) is 38.1 Å². The van der Waals surface area contributed by atoms with E-state index in [1.807, 2.05) is 19.1 Å². The van der Waals surface area contributed by atoms with Crippen molar-refractivity contribution < 1.29 is 34.0 Å². The van der Waals surface area contributed by atoms with Gasteiger partial charge in [0, 0.05) is 18.3 Å². The maximum absolute atomic E-state index is 9.26. The van der Waals surface area contributed by atoms with Crippen LogP contribution in [0.4, 0.5) is 0 Å². The van der Waals surface area contributed by atoms with Crippen LogP contribution in [0.1, 0.15) is 52.0 Å². The van der Waals surface area contributed by atoms with Crippen LogP contribution < -0.4 is 5.46 Å². The van der Waals surface area contributed by atoms with Gasteiger partial charge in [-0.25, -0.2) is 9.78 Å². The molecule has 4 heterocycles. The molecule has 0 unspecified atom stereocenters. The molecule has 4 aliphatic heterocycles. The summed E-state index contributed by atoms with van der Waals surface area (Å²) in [7, 11) is -1.47. The van der Waals surface area contributed by atoms with Crippen LogP contribution in [-0.4, -0.2) is 41.1 Å². The van der Waals surface area contributed by atoms with Crippen LogP contribution in [0.3, 0.4) is 0 Å². The fraction of sp³-hybridized carbons (Fsp3) is 0.727. The summed E-state index contributed by atoms with van der Waals surface area (Å²) in [5.74, 6) is 0.446. The van der Waals surface area contributed by atoms with Crippen molar-refractivity contribution in [1.29, 1.82) is 0 Å². The molecule has 6 rings (SSSR count). The van der Waals surface area contributed by atoms with E-state index in [-0.39, 0.29) is 11.8 Å². The van der Waals surface area contributed by atoms with Crippen molar-refractivity contribution >= 4 is 12.6 Å². The van der Waals surface area contributed by atoms with Crippen LogP contribution in [0.25, 0.3) is 0 Å². The van der Waals surface area contributed by atoms with E-state index in [0.29, 0.717) is 23.9 Å². The Morgan fingerprint density at radius 1 is 1.07 bits per heavy atom. The summed E-state index contributed by atoms with van der Waals surface area (Å²) in [5.41, 5.74) is 0.824. The second kappa shape index (κ2) is 7.55. The van der Waals surface area contributed by atoms with Crippen LogP contribution >= 0.6 is 0 Å². The maximum Gasteiger partial charge on any atom is 0.488 e. The largest absolute Gasteiger partial charge is 0.488 e. The third-order valence-corrected chi connectivity index (χ3v) is 7.79. The Morgan fingerprint density at radius 2 is 1.83 bits per heavy atom. The molecular weight excluding hydrogens is 387 g/mol. The lowest BCUT2D eigenvalue weighted by atomic mass is 9.58. The molecule has 8 heteroatoms. The molecule has 1 aliphatic carbocycles. The van der Waals surface area contributed by atoms with E-state index in [1.54, 1.807) is 12.1 Å². The van der Waals surface area contributed by atoms with Gasteiger partial charge in [0.25, 0.3) is 0 Å². The van der Waals surface area contributed by atoms with Gasteiger partial charge < -0.3 is 24.3 Å². The topological polar surface area (TPSA) is 86.6 Å². The average Bonchev–Trinajstić information content (AvgIpc) is 2.96. The normalized spacial score (nSPS) is 45.0. The highest BCUT2D eigenvalue weighted by Crippen LogP contribution is 2.60. The van der Waals surface area contributed by atoms with Crippen LogP contribution in [-0.2, 0) is 30.6 Å².